The molecule has 0 aliphatic rings. The minimum atomic E-state index is -4.30. The van der Waals surface area contributed by atoms with Crippen LogP contribution in [0.4, 0.5) is 13.2 Å². The molecule has 0 aliphatic carbocycles. The maximum Gasteiger partial charge on any atom is 0.411 e. The average Bonchev–Trinajstić information content (AvgIpc) is 2.41. The molecule has 0 aromatic heterocycles. The highest BCUT2D eigenvalue weighted by molar-refractivity contribution is 5.98. The predicted molar refractivity (Wildman–Crippen MR) is 68.0 cm³/mol. The van der Waals surface area contributed by atoms with Crippen molar-refractivity contribution >= 4 is 5.78 Å². The molecule has 0 unspecified atom stereocenters. The fourth-order valence-electron chi connectivity index (χ4n) is 1.54. The van der Waals surface area contributed by atoms with E-state index >= 15 is 0 Å². The van der Waals surface area contributed by atoms with E-state index < -0.39 is 12.8 Å². The van der Waals surface area contributed by atoms with Gasteiger partial charge in [-0.3, -0.25) is 4.79 Å². The zero-order chi connectivity index (χ0) is 15.0. The number of rotatable bonds is 8. The Hall–Kier alpha value is -1.56. The molecule has 3 nitrogen and oxygen atoms in total. The van der Waals surface area contributed by atoms with Gasteiger partial charge in [0.25, 0.3) is 0 Å². The van der Waals surface area contributed by atoms with Crippen LogP contribution >= 0.6 is 0 Å². The first-order chi connectivity index (χ1) is 9.44. The standard InChI is InChI=1S/C14H17F3O3/c1-2-12(18)11-6-3-4-7-13(11)20-9-5-8-19-10-14(15,16)17/h3-4,6-7H,2,5,8-10H2,1H3. The van der Waals surface area contributed by atoms with Gasteiger partial charge < -0.3 is 9.47 Å². The maximum atomic E-state index is 11.8. The number of carbonyl (C=O) groups excluding carboxylic acids is 1. The van der Waals surface area contributed by atoms with Crippen molar-refractivity contribution in [3.8, 4) is 5.75 Å². The molecule has 1 aromatic carbocycles. The molecule has 0 heterocycles. The summed E-state index contributed by atoms with van der Waals surface area (Å²) >= 11 is 0. The van der Waals surface area contributed by atoms with Crippen molar-refractivity contribution in [1.29, 1.82) is 0 Å². The third kappa shape index (κ3) is 6.06. The molecule has 0 saturated heterocycles. The van der Waals surface area contributed by atoms with Gasteiger partial charge in [-0.05, 0) is 12.1 Å². The lowest BCUT2D eigenvalue weighted by atomic mass is 10.1. The van der Waals surface area contributed by atoms with Crippen molar-refractivity contribution in [1.82, 2.24) is 0 Å². The summed E-state index contributed by atoms with van der Waals surface area (Å²) in [6.07, 6.45) is -3.61. The van der Waals surface area contributed by atoms with E-state index in [9.17, 15) is 18.0 Å². The van der Waals surface area contributed by atoms with Gasteiger partial charge in [0.2, 0.25) is 0 Å². The number of hydrogen-bond acceptors (Lipinski definition) is 3. The lowest BCUT2D eigenvalue weighted by Gasteiger charge is -2.11. The summed E-state index contributed by atoms with van der Waals surface area (Å²) in [6, 6.07) is 6.81. The van der Waals surface area contributed by atoms with Crippen LogP contribution in [-0.2, 0) is 4.74 Å². The highest BCUT2D eigenvalue weighted by Crippen LogP contribution is 2.20. The number of halogens is 3. The van der Waals surface area contributed by atoms with Crippen LogP contribution in [0.15, 0.2) is 24.3 Å². The van der Waals surface area contributed by atoms with Gasteiger partial charge in [-0.15, -0.1) is 0 Å². The zero-order valence-electron chi connectivity index (χ0n) is 11.2. The summed E-state index contributed by atoms with van der Waals surface area (Å²) in [7, 11) is 0. The van der Waals surface area contributed by atoms with E-state index in [1.807, 2.05) is 0 Å². The minimum Gasteiger partial charge on any atom is -0.493 e. The van der Waals surface area contributed by atoms with E-state index in [-0.39, 0.29) is 19.0 Å². The number of carbonyl (C=O) groups is 1. The summed E-state index contributed by atoms with van der Waals surface area (Å²) in [4.78, 5) is 11.7. The van der Waals surface area contributed by atoms with Gasteiger partial charge in [0.1, 0.15) is 12.4 Å². The lowest BCUT2D eigenvalue weighted by molar-refractivity contribution is -0.174. The summed E-state index contributed by atoms with van der Waals surface area (Å²) in [5.74, 6) is 0.420. The Labute approximate surface area is 115 Å². The van der Waals surface area contributed by atoms with Gasteiger partial charge in [-0.1, -0.05) is 19.1 Å². The predicted octanol–water partition coefficient (Wildman–Crippen LogP) is 3.63. The van der Waals surface area contributed by atoms with Crippen LogP contribution in [-0.4, -0.2) is 31.8 Å². The topological polar surface area (TPSA) is 35.5 Å². The van der Waals surface area contributed by atoms with Crippen LogP contribution in [0.1, 0.15) is 30.1 Å². The quantitative estimate of drug-likeness (QED) is 0.542. The molecule has 0 spiro atoms. The molecule has 0 amide bonds. The van der Waals surface area contributed by atoms with Crippen molar-refractivity contribution in [2.24, 2.45) is 0 Å². The summed E-state index contributed by atoms with van der Waals surface area (Å²) in [5.41, 5.74) is 0.492. The number of benzene rings is 1. The van der Waals surface area contributed by atoms with E-state index in [0.717, 1.165) is 0 Å². The third-order valence-corrected chi connectivity index (χ3v) is 2.46. The summed E-state index contributed by atoms with van der Waals surface area (Å²) < 4.78 is 45.3. The third-order valence-electron chi connectivity index (χ3n) is 2.46. The lowest BCUT2D eigenvalue weighted by Crippen LogP contribution is -2.18. The molecule has 1 aromatic rings. The number of alkyl halides is 3. The van der Waals surface area contributed by atoms with Gasteiger partial charge in [0.05, 0.1) is 18.8 Å². The first-order valence-corrected chi connectivity index (χ1v) is 6.33. The van der Waals surface area contributed by atoms with Crippen LogP contribution < -0.4 is 4.74 Å². The van der Waals surface area contributed by atoms with Gasteiger partial charge in [0.15, 0.2) is 5.78 Å². The summed E-state index contributed by atoms with van der Waals surface area (Å²) in [6.45, 7) is 0.664. The second-order valence-electron chi connectivity index (χ2n) is 4.14. The highest BCUT2D eigenvalue weighted by atomic mass is 19.4. The normalized spacial score (nSPS) is 11.4. The van der Waals surface area contributed by atoms with Crippen LogP contribution in [0.5, 0.6) is 5.75 Å². The van der Waals surface area contributed by atoms with Crippen molar-refractivity contribution in [3.63, 3.8) is 0 Å². The largest absolute Gasteiger partial charge is 0.493 e. The molecule has 0 bridgehead atoms. The second kappa shape index (κ2) is 7.89. The maximum absolute atomic E-state index is 11.8. The van der Waals surface area contributed by atoms with Gasteiger partial charge in [-0.25, -0.2) is 0 Å². The van der Waals surface area contributed by atoms with Crippen molar-refractivity contribution in [2.75, 3.05) is 19.8 Å². The molecule has 112 valence electrons. The fraction of sp³-hybridized carbons (Fsp3) is 0.500. The van der Waals surface area contributed by atoms with Crippen molar-refractivity contribution < 1.29 is 27.4 Å². The number of ketones is 1. The Morgan fingerprint density at radius 3 is 2.55 bits per heavy atom. The number of Topliss-reactive ketones (excluding diaryl/α,β-unsaturated/α-hetero) is 1. The molecule has 20 heavy (non-hydrogen) atoms. The first kappa shape index (κ1) is 16.5. The molecule has 0 atom stereocenters. The SMILES string of the molecule is CCC(=O)c1ccccc1OCCCOCC(F)(F)F. The van der Waals surface area contributed by atoms with Gasteiger partial charge in [0, 0.05) is 12.8 Å². The van der Waals surface area contributed by atoms with Crippen LogP contribution in [0, 0.1) is 0 Å². The molecule has 0 N–H and O–H groups in total. The first-order valence-electron chi connectivity index (χ1n) is 6.33. The van der Waals surface area contributed by atoms with Crippen molar-refractivity contribution in [2.45, 2.75) is 25.9 Å². The molecule has 0 fully saturated rings. The van der Waals surface area contributed by atoms with Crippen LogP contribution in [0.25, 0.3) is 0 Å². The van der Waals surface area contributed by atoms with E-state index in [1.54, 1.807) is 31.2 Å². The molecule has 1 rings (SSSR count). The Kier molecular flexibility index (Phi) is 6.51. The zero-order valence-corrected chi connectivity index (χ0v) is 11.2. The van der Waals surface area contributed by atoms with E-state index in [0.29, 0.717) is 24.2 Å². The minimum absolute atomic E-state index is 0.0334. The fourth-order valence-corrected chi connectivity index (χ4v) is 1.54. The van der Waals surface area contributed by atoms with Crippen molar-refractivity contribution in [3.05, 3.63) is 29.8 Å². The van der Waals surface area contributed by atoms with E-state index in [2.05, 4.69) is 4.74 Å². The van der Waals surface area contributed by atoms with E-state index in [1.165, 1.54) is 0 Å². The number of ether oxygens (including phenoxy) is 2. The second-order valence-corrected chi connectivity index (χ2v) is 4.14. The Morgan fingerprint density at radius 1 is 1.20 bits per heavy atom. The van der Waals surface area contributed by atoms with Crippen LogP contribution in [0.3, 0.4) is 0 Å². The Morgan fingerprint density at radius 2 is 1.90 bits per heavy atom. The van der Waals surface area contributed by atoms with Gasteiger partial charge in [-0.2, -0.15) is 13.2 Å². The molecule has 0 saturated carbocycles. The molecule has 6 heteroatoms. The molecular formula is C14H17F3O3. The highest BCUT2D eigenvalue weighted by Gasteiger charge is 2.27. The molecule has 0 radical (unpaired) electrons. The number of hydrogen-bond donors (Lipinski definition) is 0. The van der Waals surface area contributed by atoms with E-state index in [4.69, 9.17) is 4.74 Å². The monoisotopic (exact) mass is 290 g/mol. The molecule has 0 aliphatic heterocycles. The summed E-state index contributed by atoms with van der Waals surface area (Å²) in [5, 5.41) is 0. The number of para-hydroxylation sites is 1. The average molecular weight is 290 g/mol. The Balaban J connectivity index is 2.34. The van der Waals surface area contributed by atoms with Gasteiger partial charge >= 0.3 is 6.18 Å². The smallest absolute Gasteiger partial charge is 0.411 e. The Bertz CT molecular complexity index is 430. The molecular weight excluding hydrogens is 273 g/mol. The van der Waals surface area contributed by atoms with Crippen LogP contribution in [0.2, 0.25) is 0 Å².